The lowest BCUT2D eigenvalue weighted by Crippen LogP contribution is -2.57. The quantitative estimate of drug-likeness (QED) is 0.143. The molecule has 0 spiro atoms. The molecule has 0 aliphatic carbocycles. The Kier molecular flexibility index (Phi) is 12.6. The Morgan fingerprint density at radius 1 is 0.851 bits per heavy atom. The summed E-state index contributed by atoms with van der Waals surface area (Å²) in [4.78, 5) is 76.8. The lowest BCUT2D eigenvalue weighted by atomic mass is 10.0. The number of carbonyl (C=O) groups is 6. The third-order valence-electron chi connectivity index (χ3n) is 6.92. The van der Waals surface area contributed by atoms with Gasteiger partial charge in [0.05, 0.1) is 11.6 Å². The fourth-order valence-electron chi connectivity index (χ4n) is 4.86. The van der Waals surface area contributed by atoms with E-state index >= 15 is 0 Å². The first kappa shape index (κ1) is 36.3. The average Bonchev–Trinajstić information content (AvgIpc) is 3.35. The molecule has 0 aliphatic heterocycles. The van der Waals surface area contributed by atoms with Crippen molar-refractivity contribution < 1.29 is 38.2 Å². The van der Waals surface area contributed by atoms with Crippen molar-refractivity contribution in [3.05, 3.63) is 71.9 Å². The molecule has 0 saturated heterocycles. The van der Waals surface area contributed by atoms with Crippen LogP contribution in [-0.4, -0.2) is 70.6 Å². The number of carbonyl (C=O) groups excluding carboxylic acids is 6. The number of nitrogens with zero attached hydrogens (tertiary/aromatic N) is 1. The van der Waals surface area contributed by atoms with Crippen LogP contribution in [0, 0.1) is 0 Å². The van der Waals surface area contributed by atoms with Crippen molar-refractivity contribution in [3.8, 4) is 0 Å². The molecule has 1 aromatic heterocycles. The van der Waals surface area contributed by atoms with Gasteiger partial charge in [-0.05, 0) is 58.2 Å². The highest BCUT2D eigenvalue weighted by Crippen LogP contribution is 2.22. The molecular weight excluding hydrogens is 606 g/mol. The number of esters is 1. The molecule has 5 N–H and O–H groups in total. The molecule has 0 aliphatic rings. The summed E-state index contributed by atoms with van der Waals surface area (Å²) in [5, 5.41) is 8.54. The SMILES string of the molecule is CC(C)OC(=O)[C@H](Cc1ccccc1)NC(=O)[C@@H](Cc1cn(C=O)c2ccccc12)NC(=O)[C@H](CCC(N)=O)NC(=O)OC(C)(C)C. The molecule has 2 aromatic carbocycles. The van der Waals surface area contributed by atoms with Crippen LogP contribution >= 0.6 is 0 Å². The Morgan fingerprint density at radius 3 is 2.09 bits per heavy atom. The van der Waals surface area contributed by atoms with Crippen molar-refractivity contribution in [2.75, 3.05) is 0 Å². The number of hydrogen-bond acceptors (Lipinski definition) is 8. The van der Waals surface area contributed by atoms with Crippen LogP contribution in [0.1, 0.15) is 58.6 Å². The van der Waals surface area contributed by atoms with Crippen LogP contribution in [0.5, 0.6) is 0 Å². The number of nitrogens with one attached hydrogen (secondary N) is 3. The standard InChI is InChI=1S/C34H43N5O8/c1-21(2)46-32(44)27(17-22-11-7-6-8-12-22)37-31(43)26(18-23-19-39(20-40)28-14-10-9-13-24(23)28)36-30(42)25(15-16-29(35)41)38-33(45)47-34(3,4)5/h6-14,19-21,25-27H,15-18H2,1-5H3,(H2,35,41)(H,36,42)(H,37,43)(H,38,45)/t25-,26+,27-/m0/s1. The summed E-state index contributed by atoms with van der Waals surface area (Å²) < 4.78 is 12.1. The van der Waals surface area contributed by atoms with Gasteiger partial charge in [0.25, 0.3) is 0 Å². The van der Waals surface area contributed by atoms with Gasteiger partial charge >= 0.3 is 12.1 Å². The zero-order valence-electron chi connectivity index (χ0n) is 27.3. The molecule has 13 heteroatoms. The molecule has 1 heterocycles. The molecule has 0 bridgehead atoms. The first-order valence-corrected chi connectivity index (χ1v) is 15.3. The van der Waals surface area contributed by atoms with Crippen molar-refractivity contribution in [2.45, 2.75) is 90.1 Å². The highest BCUT2D eigenvalue weighted by atomic mass is 16.6. The fourth-order valence-corrected chi connectivity index (χ4v) is 4.86. The second kappa shape index (κ2) is 16.4. The fraction of sp³-hybridized carbons (Fsp3) is 0.412. The molecule has 13 nitrogen and oxygen atoms in total. The number of para-hydroxylation sites is 1. The highest BCUT2D eigenvalue weighted by molar-refractivity contribution is 5.95. The van der Waals surface area contributed by atoms with E-state index in [0.717, 1.165) is 5.56 Å². The number of hydrogen-bond donors (Lipinski definition) is 4. The Balaban J connectivity index is 1.97. The van der Waals surface area contributed by atoms with Gasteiger partial charge in [0, 0.05) is 30.8 Å². The van der Waals surface area contributed by atoms with E-state index < -0.39 is 59.6 Å². The van der Waals surface area contributed by atoms with E-state index in [1.54, 1.807) is 89.3 Å². The predicted octanol–water partition coefficient (Wildman–Crippen LogP) is 2.54. The number of fused-ring (bicyclic) bond motifs is 1. The van der Waals surface area contributed by atoms with Gasteiger partial charge in [-0.3, -0.25) is 23.7 Å². The largest absolute Gasteiger partial charge is 0.461 e. The summed E-state index contributed by atoms with van der Waals surface area (Å²) in [5.41, 5.74) is 6.37. The Bertz CT molecular complexity index is 1580. The van der Waals surface area contributed by atoms with E-state index in [0.29, 0.717) is 22.9 Å². The predicted molar refractivity (Wildman–Crippen MR) is 175 cm³/mol. The number of benzene rings is 2. The molecule has 4 amide bonds. The van der Waals surface area contributed by atoms with Crippen molar-refractivity contribution in [3.63, 3.8) is 0 Å². The van der Waals surface area contributed by atoms with Crippen LogP contribution in [0.3, 0.4) is 0 Å². The molecule has 47 heavy (non-hydrogen) atoms. The maximum Gasteiger partial charge on any atom is 0.408 e. The number of rotatable bonds is 15. The molecule has 3 aromatic rings. The van der Waals surface area contributed by atoms with Crippen LogP contribution in [0.4, 0.5) is 4.79 Å². The van der Waals surface area contributed by atoms with E-state index in [9.17, 15) is 28.8 Å². The minimum atomic E-state index is -1.30. The third-order valence-corrected chi connectivity index (χ3v) is 6.92. The summed E-state index contributed by atoms with van der Waals surface area (Å²) in [7, 11) is 0. The average molecular weight is 650 g/mol. The normalized spacial score (nSPS) is 13.2. The second-order valence-corrected chi connectivity index (χ2v) is 12.4. The molecule has 0 saturated carbocycles. The van der Waals surface area contributed by atoms with E-state index in [2.05, 4.69) is 16.0 Å². The Hall–Kier alpha value is -5.20. The van der Waals surface area contributed by atoms with Gasteiger partial charge in [0.15, 0.2) is 0 Å². The van der Waals surface area contributed by atoms with Crippen LogP contribution in [0.15, 0.2) is 60.8 Å². The van der Waals surface area contributed by atoms with Crippen molar-refractivity contribution >= 4 is 47.1 Å². The second-order valence-electron chi connectivity index (χ2n) is 12.4. The highest BCUT2D eigenvalue weighted by Gasteiger charge is 2.32. The lowest BCUT2D eigenvalue weighted by Gasteiger charge is -2.26. The van der Waals surface area contributed by atoms with Gasteiger partial charge in [-0.15, -0.1) is 0 Å². The van der Waals surface area contributed by atoms with E-state index in [1.807, 2.05) is 6.07 Å². The Labute approximate surface area is 273 Å². The summed E-state index contributed by atoms with van der Waals surface area (Å²) in [6.45, 7) is 8.33. The zero-order chi connectivity index (χ0) is 34.7. The number of amides is 4. The van der Waals surface area contributed by atoms with Gasteiger partial charge in [0.1, 0.15) is 23.7 Å². The minimum absolute atomic E-state index is 0.0921. The number of alkyl carbamates (subject to hydrolysis) is 1. The van der Waals surface area contributed by atoms with Crippen LogP contribution in [0.25, 0.3) is 10.9 Å². The molecule has 0 radical (unpaired) electrons. The van der Waals surface area contributed by atoms with Crippen LogP contribution in [0.2, 0.25) is 0 Å². The zero-order valence-corrected chi connectivity index (χ0v) is 27.3. The summed E-state index contributed by atoms with van der Waals surface area (Å²) in [6, 6.07) is 12.4. The molecule has 0 fully saturated rings. The van der Waals surface area contributed by atoms with E-state index in [4.69, 9.17) is 15.2 Å². The Morgan fingerprint density at radius 2 is 1.47 bits per heavy atom. The first-order valence-electron chi connectivity index (χ1n) is 15.3. The topological polar surface area (TPSA) is 188 Å². The van der Waals surface area contributed by atoms with Gasteiger partial charge in [-0.1, -0.05) is 48.5 Å². The third kappa shape index (κ3) is 11.3. The molecule has 3 atom stereocenters. The maximum absolute atomic E-state index is 14.0. The smallest absolute Gasteiger partial charge is 0.408 e. The first-order chi connectivity index (χ1) is 22.2. The van der Waals surface area contributed by atoms with Crippen molar-refractivity contribution in [2.24, 2.45) is 5.73 Å². The number of ether oxygens (including phenoxy) is 2. The van der Waals surface area contributed by atoms with E-state index in [-0.39, 0.29) is 25.7 Å². The van der Waals surface area contributed by atoms with Gasteiger partial charge in [-0.25, -0.2) is 9.59 Å². The van der Waals surface area contributed by atoms with Crippen molar-refractivity contribution in [1.29, 1.82) is 0 Å². The summed E-state index contributed by atoms with van der Waals surface area (Å²) in [5.74, 6) is -2.86. The van der Waals surface area contributed by atoms with E-state index in [1.165, 1.54) is 4.57 Å². The molecular formula is C34H43N5O8. The number of primary amides is 1. The molecule has 252 valence electrons. The number of nitrogens with two attached hydrogens (primary N) is 1. The maximum atomic E-state index is 14.0. The van der Waals surface area contributed by atoms with Crippen LogP contribution < -0.4 is 21.7 Å². The lowest BCUT2D eigenvalue weighted by molar-refractivity contribution is -0.151. The molecule has 3 rings (SSSR count). The van der Waals surface area contributed by atoms with Gasteiger partial charge in [-0.2, -0.15) is 0 Å². The summed E-state index contributed by atoms with van der Waals surface area (Å²) in [6.07, 6.45) is 0.443. The number of aromatic nitrogens is 1. The van der Waals surface area contributed by atoms with Gasteiger partial charge < -0.3 is 31.2 Å². The van der Waals surface area contributed by atoms with Gasteiger partial charge in [0.2, 0.25) is 24.1 Å². The monoisotopic (exact) mass is 649 g/mol. The minimum Gasteiger partial charge on any atom is -0.461 e. The summed E-state index contributed by atoms with van der Waals surface area (Å²) >= 11 is 0. The van der Waals surface area contributed by atoms with Crippen LogP contribution in [-0.2, 0) is 46.3 Å². The molecule has 0 unspecified atom stereocenters. The van der Waals surface area contributed by atoms with Crippen molar-refractivity contribution in [1.82, 2.24) is 20.5 Å².